The summed E-state index contributed by atoms with van der Waals surface area (Å²) in [4.78, 5) is 31.0. The Morgan fingerprint density at radius 3 is 2.93 bits per heavy atom. The highest BCUT2D eigenvalue weighted by molar-refractivity contribution is 7.99. The molecule has 1 aliphatic rings. The lowest BCUT2D eigenvalue weighted by Crippen LogP contribution is -2.42. The van der Waals surface area contributed by atoms with Gasteiger partial charge in [-0.15, -0.1) is 11.8 Å². The van der Waals surface area contributed by atoms with Crippen LogP contribution >= 0.6 is 11.8 Å². The van der Waals surface area contributed by atoms with Crippen molar-refractivity contribution in [2.24, 2.45) is 7.05 Å². The van der Waals surface area contributed by atoms with Gasteiger partial charge in [0.05, 0.1) is 35.3 Å². The zero-order chi connectivity index (χ0) is 20.4. The van der Waals surface area contributed by atoms with Crippen molar-refractivity contribution in [2.45, 2.75) is 6.04 Å². The Labute approximate surface area is 171 Å². The minimum absolute atomic E-state index is 0.150. The Bertz CT molecular complexity index is 1140. The highest BCUT2D eigenvalue weighted by Gasteiger charge is 2.29. The van der Waals surface area contributed by atoms with Gasteiger partial charge in [-0.05, 0) is 24.3 Å². The number of rotatable bonds is 4. The van der Waals surface area contributed by atoms with Gasteiger partial charge < -0.3 is 10.2 Å². The monoisotopic (exact) mass is 406 g/mol. The first kappa shape index (κ1) is 19.0. The first-order valence-corrected chi connectivity index (χ1v) is 10.2. The summed E-state index contributed by atoms with van der Waals surface area (Å²) in [6.45, 7) is -0.150. The number of nitriles is 1. The van der Waals surface area contributed by atoms with Gasteiger partial charge in [0.1, 0.15) is 6.04 Å². The molecule has 0 radical (unpaired) electrons. The Hall–Kier alpha value is -3.38. The molecule has 29 heavy (non-hydrogen) atoms. The third-order valence-electron chi connectivity index (χ3n) is 4.85. The van der Waals surface area contributed by atoms with Crippen LogP contribution in [-0.2, 0) is 11.8 Å². The van der Waals surface area contributed by atoms with Crippen LogP contribution in [0.3, 0.4) is 0 Å². The molecule has 0 aliphatic carbocycles. The summed E-state index contributed by atoms with van der Waals surface area (Å²) in [5.74, 6) is 0.457. The number of nitrogens with zero attached hydrogens (tertiary/aromatic N) is 5. The highest BCUT2D eigenvalue weighted by Crippen LogP contribution is 2.25. The minimum atomic E-state index is -0.437. The summed E-state index contributed by atoms with van der Waals surface area (Å²) in [7, 11) is 1.85. The normalized spacial score (nSPS) is 16.0. The fourth-order valence-electron chi connectivity index (χ4n) is 3.31. The van der Waals surface area contributed by atoms with Gasteiger partial charge in [0.25, 0.3) is 5.91 Å². The van der Waals surface area contributed by atoms with Crippen LogP contribution in [0.4, 0.5) is 0 Å². The summed E-state index contributed by atoms with van der Waals surface area (Å²) in [6.07, 6.45) is 3.29. The number of aryl methyl sites for hydroxylation is 1. The fourth-order valence-corrected chi connectivity index (χ4v) is 4.41. The van der Waals surface area contributed by atoms with Gasteiger partial charge in [-0.3, -0.25) is 19.3 Å². The number of thioether (sulfide) groups is 1. The lowest BCUT2D eigenvalue weighted by Gasteiger charge is -2.18. The van der Waals surface area contributed by atoms with Crippen LogP contribution in [0.2, 0.25) is 0 Å². The Balaban J connectivity index is 1.57. The molecule has 2 aromatic heterocycles. The maximum Gasteiger partial charge on any atom is 0.252 e. The Kier molecular flexibility index (Phi) is 5.18. The van der Waals surface area contributed by atoms with E-state index in [1.807, 2.05) is 31.3 Å². The molecule has 1 N–H and O–H groups in total. The van der Waals surface area contributed by atoms with Crippen molar-refractivity contribution in [3.63, 3.8) is 0 Å². The molecule has 0 spiro atoms. The zero-order valence-electron chi connectivity index (χ0n) is 15.7. The second-order valence-corrected chi connectivity index (χ2v) is 7.62. The molecule has 1 aliphatic heterocycles. The number of nitrogens with one attached hydrogen (secondary N) is 1. The maximum absolute atomic E-state index is 12.8. The molecule has 3 heterocycles. The molecule has 0 bridgehead atoms. The van der Waals surface area contributed by atoms with Crippen molar-refractivity contribution in [3.8, 4) is 17.3 Å². The number of fused-ring (bicyclic) bond motifs is 1. The molecule has 0 saturated carbocycles. The van der Waals surface area contributed by atoms with Crippen molar-refractivity contribution in [3.05, 3.63) is 48.3 Å². The summed E-state index contributed by atoms with van der Waals surface area (Å²) in [6, 6.07) is 10.9. The topological polar surface area (TPSA) is 104 Å². The van der Waals surface area contributed by atoms with Crippen LogP contribution in [-0.4, -0.2) is 55.7 Å². The molecule has 1 atom stereocenters. The SMILES string of the molecule is Cn1nccc1-c1ccc2nccc(C(=O)NCC(=O)N3CSCC3C#N)c2c1. The van der Waals surface area contributed by atoms with Crippen LogP contribution in [0.1, 0.15) is 10.4 Å². The summed E-state index contributed by atoms with van der Waals surface area (Å²) >= 11 is 1.53. The summed E-state index contributed by atoms with van der Waals surface area (Å²) in [5, 5.41) is 16.7. The lowest BCUT2D eigenvalue weighted by molar-refractivity contribution is -0.129. The van der Waals surface area contributed by atoms with Gasteiger partial charge in [0, 0.05) is 36.1 Å². The molecular weight excluding hydrogens is 388 g/mol. The van der Waals surface area contributed by atoms with Gasteiger partial charge in [-0.25, -0.2) is 0 Å². The van der Waals surface area contributed by atoms with E-state index in [9.17, 15) is 9.59 Å². The van der Waals surface area contributed by atoms with Crippen LogP contribution in [0.15, 0.2) is 42.7 Å². The smallest absolute Gasteiger partial charge is 0.252 e. The van der Waals surface area contributed by atoms with Gasteiger partial charge in [-0.2, -0.15) is 10.4 Å². The van der Waals surface area contributed by atoms with E-state index in [0.29, 0.717) is 28.1 Å². The predicted molar refractivity (Wildman–Crippen MR) is 110 cm³/mol. The van der Waals surface area contributed by atoms with Crippen LogP contribution in [0.25, 0.3) is 22.2 Å². The van der Waals surface area contributed by atoms with E-state index < -0.39 is 6.04 Å². The maximum atomic E-state index is 12.8. The number of hydrogen-bond acceptors (Lipinski definition) is 6. The van der Waals surface area contributed by atoms with Crippen molar-refractivity contribution in [1.82, 2.24) is 25.0 Å². The van der Waals surface area contributed by atoms with Crippen molar-refractivity contribution in [1.29, 1.82) is 5.26 Å². The van der Waals surface area contributed by atoms with Gasteiger partial charge in [0.15, 0.2) is 0 Å². The van der Waals surface area contributed by atoms with Crippen molar-refractivity contribution < 1.29 is 9.59 Å². The first-order chi connectivity index (χ1) is 14.1. The fraction of sp³-hybridized carbons (Fsp3) is 0.250. The molecule has 2 amide bonds. The molecule has 3 aromatic rings. The molecule has 146 valence electrons. The van der Waals surface area contributed by atoms with Gasteiger partial charge in [-0.1, -0.05) is 6.07 Å². The molecule has 1 saturated heterocycles. The van der Waals surface area contributed by atoms with Crippen LogP contribution in [0.5, 0.6) is 0 Å². The van der Waals surface area contributed by atoms with Crippen LogP contribution < -0.4 is 5.32 Å². The van der Waals surface area contributed by atoms with E-state index in [1.165, 1.54) is 16.7 Å². The molecular formula is C20H18N6O2S. The van der Waals surface area contributed by atoms with Gasteiger partial charge >= 0.3 is 0 Å². The Morgan fingerprint density at radius 1 is 1.31 bits per heavy atom. The number of aromatic nitrogens is 3. The average molecular weight is 406 g/mol. The lowest BCUT2D eigenvalue weighted by atomic mass is 10.0. The molecule has 1 fully saturated rings. The third kappa shape index (κ3) is 3.67. The van der Waals surface area contributed by atoms with E-state index in [4.69, 9.17) is 5.26 Å². The van der Waals surface area contributed by atoms with Crippen LogP contribution in [0, 0.1) is 11.3 Å². The number of carbonyl (C=O) groups is 2. The van der Waals surface area contributed by atoms with Crippen molar-refractivity contribution >= 4 is 34.5 Å². The zero-order valence-corrected chi connectivity index (χ0v) is 16.5. The molecule has 8 nitrogen and oxygen atoms in total. The molecule has 4 rings (SSSR count). The predicted octanol–water partition coefficient (Wildman–Crippen LogP) is 1.79. The third-order valence-corrected chi connectivity index (χ3v) is 5.87. The summed E-state index contributed by atoms with van der Waals surface area (Å²) < 4.78 is 1.76. The number of benzene rings is 1. The number of carbonyl (C=O) groups excluding carboxylic acids is 2. The quantitative estimate of drug-likeness (QED) is 0.708. The molecule has 9 heteroatoms. The molecule has 1 unspecified atom stereocenters. The molecule has 1 aromatic carbocycles. The van der Waals surface area contributed by atoms with E-state index in [-0.39, 0.29) is 18.4 Å². The second kappa shape index (κ2) is 7.93. The average Bonchev–Trinajstić information content (AvgIpc) is 3.39. The van der Waals surface area contributed by atoms with Gasteiger partial charge in [0.2, 0.25) is 5.91 Å². The highest BCUT2D eigenvalue weighted by atomic mass is 32.2. The van der Waals surface area contributed by atoms with E-state index in [1.54, 1.807) is 23.1 Å². The number of amides is 2. The Morgan fingerprint density at radius 2 is 2.17 bits per heavy atom. The van der Waals surface area contributed by atoms with Crippen molar-refractivity contribution in [2.75, 3.05) is 18.2 Å². The first-order valence-electron chi connectivity index (χ1n) is 9.00. The summed E-state index contributed by atoms with van der Waals surface area (Å²) in [5.41, 5.74) is 2.97. The van der Waals surface area contributed by atoms with E-state index >= 15 is 0 Å². The van der Waals surface area contributed by atoms with E-state index in [0.717, 1.165) is 11.3 Å². The number of hydrogen-bond donors (Lipinski definition) is 1. The largest absolute Gasteiger partial charge is 0.343 e. The van der Waals surface area contributed by atoms with E-state index in [2.05, 4.69) is 21.5 Å². The second-order valence-electron chi connectivity index (χ2n) is 6.62. The number of pyridine rings is 1. The standard InChI is InChI=1S/C20H18N6O2S/c1-25-18(5-7-24-25)13-2-3-17-16(8-13)15(4-6-22-17)20(28)23-10-19(27)26-12-29-11-14(26)9-21/h2-8,14H,10-12H2,1H3,(H,23,28). The minimum Gasteiger partial charge on any atom is -0.343 e.